The molecule has 0 saturated heterocycles. The molecular formula is C19H19N3O3. The Morgan fingerprint density at radius 1 is 1.08 bits per heavy atom. The number of rotatable bonds is 6. The van der Waals surface area contributed by atoms with E-state index in [1.807, 2.05) is 30.3 Å². The lowest BCUT2D eigenvalue weighted by Gasteiger charge is -2.13. The van der Waals surface area contributed by atoms with Crippen LogP contribution in [0.25, 0.3) is 11.5 Å². The van der Waals surface area contributed by atoms with Crippen LogP contribution in [-0.4, -0.2) is 37.0 Å². The molecule has 0 bridgehead atoms. The Bertz CT molecular complexity index is 845. The number of para-hydroxylation sites is 1. The molecule has 0 fully saturated rings. The zero-order valence-corrected chi connectivity index (χ0v) is 14.0. The van der Waals surface area contributed by atoms with Gasteiger partial charge in [0.25, 0.3) is 11.8 Å². The Morgan fingerprint density at radius 2 is 1.92 bits per heavy atom. The summed E-state index contributed by atoms with van der Waals surface area (Å²) in [6.07, 6.45) is 0.994. The highest BCUT2D eigenvalue weighted by atomic mass is 16.5. The minimum Gasteiger partial charge on any atom is -0.491 e. The van der Waals surface area contributed by atoms with Gasteiger partial charge in [0.15, 0.2) is 0 Å². The first-order valence-corrected chi connectivity index (χ1v) is 8.26. The van der Waals surface area contributed by atoms with Crippen molar-refractivity contribution >= 4 is 11.6 Å². The fourth-order valence-electron chi connectivity index (χ4n) is 2.93. The molecule has 0 radical (unpaired) electrons. The standard InChI is InChI=1S/C19H19N3O3/c1-23-12-13-24-16-8-6-15(7-9-16)18-20-19(21-25-18)22-11-10-14-4-2-3-5-17(14)22/h2-9H,10-13H2,1H3. The van der Waals surface area contributed by atoms with E-state index < -0.39 is 0 Å². The number of nitrogens with zero attached hydrogens (tertiary/aromatic N) is 3. The lowest BCUT2D eigenvalue weighted by Crippen LogP contribution is -2.14. The summed E-state index contributed by atoms with van der Waals surface area (Å²) in [5, 5.41) is 4.15. The van der Waals surface area contributed by atoms with Crippen LogP contribution in [0.1, 0.15) is 5.56 Å². The Morgan fingerprint density at radius 3 is 2.76 bits per heavy atom. The summed E-state index contributed by atoms with van der Waals surface area (Å²) < 4.78 is 16.0. The van der Waals surface area contributed by atoms with Gasteiger partial charge in [-0.05, 0) is 47.5 Å². The van der Waals surface area contributed by atoms with Crippen molar-refractivity contribution in [3.8, 4) is 17.2 Å². The molecule has 0 unspecified atom stereocenters. The quantitative estimate of drug-likeness (QED) is 0.642. The first-order valence-electron chi connectivity index (χ1n) is 8.26. The van der Waals surface area contributed by atoms with Crippen LogP contribution in [0.5, 0.6) is 5.75 Å². The molecule has 0 N–H and O–H groups in total. The fraction of sp³-hybridized carbons (Fsp3) is 0.263. The number of anilines is 2. The molecule has 25 heavy (non-hydrogen) atoms. The van der Waals surface area contributed by atoms with Crippen LogP contribution < -0.4 is 9.64 Å². The Labute approximate surface area is 146 Å². The second kappa shape index (κ2) is 6.94. The van der Waals surface area contributed by atoms with Gasteiger partial charge in [0.2, 0.25) is 0 Å². The van der Waals surface area contributed by atoms with Crippen molar-refractivity contribution in [2.24, 2.45) is 0 Å². The van der Waals surface area contributed by atoms with Crippen molar-refractivity contribution < 1.29 is 14.0 Å². The molecule has 1 aliphatic rings. The van der Waals surface area contributed by atoms with Crippen molar-refractivity contribution in [3.05, 3.63) is 54.1 Å². The number of hydrogen-bond acceptors (Lipinski definition) is 6. The average Bonchev–Trinajstić information content (AvgIpc) is 3.29. The number of fused-ring (bicyclic) bond motifs is 1. The van der Waals surface area contributed by atoms with Crippen LogP contribution in [-0.2, 0) is 11.2 Å². The Balaban J connectivity index is 1.50. The topological polar surface area (TPSA) is 60.6 Å². The molecule has 2 aromatic carbocycles. The summed E-state index contributed by atoms with van der Waals surface area (Å²) >= 11 is 0. The average molecular weight is 337 g/mol. The van der Waals surface area contributed by atoms with E-state index in [0.717, 1.165) is 30.0 Å². The minimum atomic E-state index is 0.503. The van der Waals surface area contributed by atoms with Gasteiger partial charge in [0.1, 0.15) is 12.4 Å². The summed E-state index contributed by atoms with van der Waals surface area (Å²) in [6, 6.07) is 15.9. The zero-order valence-electron chi connectivity index (χ0n) is 14.0. The molecule has 0 atom stereocenters. The number of ether oxygens (including phenoxy) is 2. The molecule has 128 valence electrons. The van der Waals surface area contributed by atoms with E-state index >= 15 is 0 Å². The van der Waals surface area contributed by atoms with Crippen LogP contribution in [0.15, 0.2) is 53.1 Å². The van der Waals surface area contributed by atoms with Crippen molar-refractivity contribution in [2.75, 3.05) is 31.8 Å². The molecule has 3 aromatic rings. The van der Waals surface area contributed by atoms with Gasteiger partial charge in [-0.25, -0.2) is 0 Å². The zero-order chi connectivity index (χ0) is 17.1. The van der Waals surface area contributed by atoms with Gasteiger partial charge in [-0.1, -0.05) is 18.2 Å². The lowest BCUT2D eigenvalue weighted by molar-refractivity contribution is 0.146. The maximum Gasteiger partial charge on any atom is 0.270 e. The van der Waals surface area contributed by atoms with E-state index in [0.29, 0.717) is 25.1 Å². The normalized spacial score (nSPS) is 13.1. The van der Waals surface area contributed by atoms with Gasteiger partial charge in [0.05, 0.1) is 6.61 Å². The number of hydrogen-bond donors (Lipinski definition) is 0. The van der Waals surface area contributed by atoms with Crippen LogP contribution in [0, 0.1) is 0 Å². The van der Waals surface area contributed by atoms with Crippen molar-refractivity contribution in [1.29, 1.82) is 0 Å². The maximum atomic E-state index is 5.56. The number of benzene rings is 2. The van der Waals surface area contributed by atoms with Gasteiger partial charge in [-0.3, -0.25) is 0 Å². The van der Waals surface area contributed by atoms with Gasteiger partial charge < -0.3 is 18.9 Å². The minimum absolute atomic E-state index is 0.503. The van der Waals surface area contributed by atoms with Crippen molar-refractivity contribution in [1.82, 2.24) is 10.1 Å². The SMILES string of the molecule is COCCOc1ccc(-c2nc(N3CCc4ccccc43)no2)cc1. The first kappa shape index (κ1) is 15.7. The van der Waals surface area contributed by atoms with Crippen LogP contribution in [0.4, 0.5) is 11.6 Å². The van der Waals surface area contributed by atoms with Crippen molar-refractivity contribution in [3.63, 3.8) is 0 Å². The molecule has 1 aliphatic heterocycles. The van der Waals surface area contributed by atoms with Crippen molar-refractivity contribution in [2.45, 2.75) is 6.42 Å². The van der Waals surface area contributed by atoms with E-state index in [4.69, 9.17) is 14.0 Å². The highest BCUT2D eigenvalue weighted by Gasteiger charge is 2.24. The molecule has 0 saturated carbocycles. The summed E-state index contributed by atoms with van der Waals surface area (Å²) in [5.74, 6) is 1.89. The van der Waals surface area contributed by atoms with Crippen LogP contribution in [0.2, 0.25) is 0 Å². The van der Waals surface area contributed by atoms with Crippen LogP contribution in [0.3, 0.4) is 0 Å². The molecule has 0 spiro atoms. The number of methoxy groups -OCH3 is 1. The maximum absolute atomic E-state index is 5.56. The van der Waals surface area contributed by atoms with E-state index in [2.05, 4.69) is 33.2 Å². The van der Waals surface area contributed by atoms with Gasteiger partial charge in [-0.15, -0.1) is 0 Å². The molecule has 0 aliphatic carbocycles. The molecule has 0 amide bonds. The summed E-state index contributed by atoms with van der Waals surface area (Å²) in [6.45, 7) is 1.95. The van der Waals surface area contributed by atoms with Gasteiger partial charge >= 0.3 is 0 Å². The summed E-state index contributed by atoms with van der Waals surface area (Å²) in [7, 11) is 1.65. The third-order valence-electron chi connectivity index (χ3n) is 4.20. The van der Waals surface area contributed by atoms with Crippen LogP contribution >= 0.6 is 0 Å². The molecule has 2 heterocycles. The first-order chi connectivity index (χ1) is 12.3. The molecular weight excluding hydrogens is 318 g/mol. The van der Waals surface area contributed by atoms with E-state index in [1.165, 1.54) is 5.56 Å². The van der Waals surface area contributed by atoms with Gasteiger partial charge in [-0.2, -0.15) is 4.98 Å². The predicted octanol–water partition coefficient (Wildman–Crippen LogP) is 3.46. The monoisotopic (exact) mass is 337 g/mol. The summed E-state index contributed by atoms with van der Waals surface area (Å²) in [4.78, 5) is 6.64. The molecule has 1 aromatic heterocycles. The second-order valence-corrected chi connectivity index (χ2v) is 5.80. The highest BCUT2D eigenvalue weighted by molar-refractivity contribution is 5.66. The van der Waals surface area contributed by atoms with E-state index in [-0.39, 0.29) is 0 Å². The summed E-state index contributed by atoms with van der Waals surface area (Å²) in [5.41, 5.74) is 3.33. The molecule has 6 nitrogen and oxygen atoms in total. The number of aromatic nitrogens is 2. The van der Waals surface area contributed by atoms with Gasteiger partial charge in [0, 0.05) is 24.9 Å². The lowest BCUT2D eigenvalue weighted by atomic mass is 10.2. The van der Waals surface area contributed by atoms with E-state index in [1.54, 1.807) is 7.11 Å². The third-order valence-corrected chi connectivity index (χ3v) is 4.20. The second-order valence-electron chi connectivity index (χ2n) is 5.80. The predicted molar refractivity (Wildman–Crippen MR) is 94.3 cm³/mol. The smallest absolute Gasteiger partial charge is 0.270 e. The van der Waals surface area contributed by atoms with E-state index in [9.17, 15) is 0 Å². The third kappa shape index (κ3) is 3.21. The Kier molecular flexibility index (Phi) is 4.35. The largest absolute Gasteiger partial charge is 0.491 e. The Hall–Kier alpha value is -2.86. The molecule has 4 rings (SSSR count). The molecule has 6 heteroatoms. The fourth-order valence-corrected chi connectivity index (χ4v) is 2.93. The highest BCUT2D eigenvalue weighted by Crippen LogP contribution is 2.33.